The fourth-order valence-corrected chi connectivity index (χ4v) is 2.73. The largest absolute Gasteiger partial charge is 0.428 e. The summed E-state index contributed by atoms with van der Waals surface area (Å²) >= 11 is 0. The molecular formula is C16H21NO4. The Hall–Kier alpha value is -2.04. The lowest BCUT2D eigenvalue weighted by Gasteiger charge is -2.18. The molecule has 0 aliphatic carbocycles. The fraction of sp³-hybridized carbons (Fsp3) is 0.500. The number of anilines is 1. The van der Waals surface area contributed by atoms with E-state index in [-0.39, 0.29) is 18.6 Å². The third kappa shape index (κ3) is 3.54. The number of likely N-dealkylation sites (N-methyl/N-ethyl adjacent to an activating group) is 1. The SMILES string of the molecule is CC(=O)OCOC(=O)Cc1ccc2c(c1)C(C)(C)CN2C. The van der Waals surface area contributed by atoms with Gasteiger partial charge in [0.25, 0.3) is 0 Å². The second-order valence-electron chi connectivity index (χ2n) is 6.04. The fourth-order valence-electron chi connectivity index (χ4n) is 2.73. The molecule has 0 amide bonds. The molecule has 0 N–H and O–H groups in total. The molecule has 2 rings (SSSR count). The van der Waals surface area contributed by atoms with E-state index in [4.69, 9.17) is 4.74 Å². The molecule has 114 valence electrons. The summed E-state index contributed by atoms with van der Waals surface area (Å²) in [4.78, 5) is 24.5. The van der Waals surface area contributed by atoms with Crippen LogP contribution in [0, 0.1) is 0 Å². The van der Waals surface area contributed by atoms with Gasteiger partial charge < -0.3 is 14.4 Å². The van der Waals surface area contributed by atoms with Gasteiger partial charge in [-0.1, -0.05) is 26.0 Å². The second kappa shape index (κ2) is 5.76. The molecule has 5 heteroatoms. The Labute approximate surface area is 124 Å². The molecule has 0 aromatic heterocycles. The highest BCUT2D eigenvalue weighted by atomic mass is 16.7. The first kappa shape index (κ1) is 15.4. The Balaban J connectivity index is 2.03. The van der Waals surface area contributed by atoms with Crippen molar-refractivity contribution in [1.29, 1.82) is 0 Å². The monoisotopic (exact) mass is 291 g/mol. The number of carbonyl (C=O) groups is 2. The molecule has 21 heavy (non-hydrogen) atoms. The predicted molar refractivity (Wildman–Crippen MR) is 79.2 cm³/mol. The quantitative estimate of drug-likeness (QED) is 0.627. The number of hydrogen-bond acceptors (Lipinski definition) is 5. The van der Waals surface area contributed by atoms with Gasteiger partial charge in [0.15, 0.2) is 0 Å². The number of hydrogen-bond donors (Lipinski definition) is 0. The summed E-state index contributed by atoms with van der Waals surface area (Å²) < 4.78 is 9.44. The normalized spacial score (nSPS) is 15.5. The Morgan fingerprint density at radius 1 is 1.29 bits per heavy atom. The van der Waals surface area contributed by atoms with Crippen molar-refractivity contribution in [1.82, 2.24) is 0 Å². The van der Waals surface area contributed by atoms with E-state index in [0.717, 1.165) is 12.1 Å². The van der Waals surface area contributed by atoms with Crippen LogP contribution in [-0.2, 0) is 30.9 Å². The lowest BCUT2D eigenvalue weighted by molar-refractivity contribution is -0.165. The summed E-state index contributed by atoms with van der Waals surface area (Å²) in [5.41, 5.74) is 3.43. The van der Waals surface area contributed by atoms with Gasteiger partial charge in [0, 0.05) is 31.6 Å². The van der Waals surface area contributed by atoms with Crippen molar-refractivity contribution in [2.75, 3.05) is 25.3 Å². The Bertz CT molecular complexity index is 565. The van der Waals surface area contributed by atoms with Crippen LogP contribution < -0.4 is 4.90 Å². The van der Waals surface area contributed by atoms with Crippen LogP contribution in [0.4, 0.5) is 5.69 Å². The summed E-state index contributed by atoms with van der Waals surface area (Å²) in [6.45, 7) is 6.29. The van der Waals surface area contributed by atoms with E-state index in [2.05, 4.69) is 36.6 Å². The van der Waals surface area contributed by atoms with Crippen LogP contribution in [-0.4, -0.2) is 32.3 Å². The molecule has 0 atom stereocenters. The summed E-state index contributed by atoms with van der Waals surface area (Å²) in [5.74, 6) is -0.870. The summed E-state index contributed by atoms with van der Waals surface area (Å²) in [6.07, 6.45) is 0.175. The summed E-state index contributed by atoms with van der Waals surface area (Å²) in [7, 11) is 2.07. The minimum atomic E-state index is -0.467. The molecule has 0 radical (unpaired) electrons. The molecule has 1 aromatic rings. The van der Waals surface area contributed by atoms with Crippen molar-refractivity contribution in [3.8, 4) is 0 Å². The van der Waals surface area contributed by atoms with Crippen LogP contribution in [0.15, 0.2) is 18.2 Å². The Kier molecular flexibility index (Phi) is 4.21. The summed E-state index contributed by atoms with van der Waals surface area (Å²) in [5, 5.41) is 0. The van der Waals surface area contributed by atoms with Crippen LogP contribution in [0.5, 0.6) is 0 Å². The van der Waals surface area contributed by atoms with Gasteiger partial charge in [-0.25, -0.2) is 0 Å². The Morgan fingerprint density at radius 3 is 2.67 bits per heavy atom. The Morgan fingerprint density at radius 2 is 2.00 bits per heavy atom. The van der Waals surface area contributed by atoms with Crippen LogP contribution in [0.3, 0.4) is 0 Å². The number of fused-ring (bicyclic) bond motifs is 1. The van der Waals surface area contributed by atoms with Crippen molar-refractivity contribution < 1.29 is 19.1 Å². The van der Waals surface area contributed by atoms with E-state index in [1.165, 1.54) is 18.2 Å². The van der Waals surface area contributed by atoms with Gasteiger partial charge in [-0.15, -0.1) is 0 Å². The zero-order chi connectivity index (χ0) is 15.6. The van der Waals surface area contributed by atoms with Gasteiger partial charge in [0.05, 0.1) is 6.42 Å². The van der Waals surface area contributed by atoms with Crippen molar-refractivity contribution in [2.24, 2.45) is 0 Å². The molecule has 1 aromatic carbocycles. The smallest absolute Gasteiger partial charge is 0.313 e. The zero-order valence-electron chi connectivity index (χ0n) is 12.9. The first-order valence-corrected chi connectivity index (χ1v) is 6.93. The molecule has 0 saturated heterocycles. The molecule has 1 aliphatic heterocycles. The van der Waals surface area contributed by atoms with Gasteiger partial charge >= 0.3 is 11.9 Å². The van der Waals surface area contributed by atoms with Gasteiger partial charge in [-0.3, -0.25) is 9.59 Å². The van der Waals surface area contributed by atoms with Crippen molar-refractivity contribution >= 4 is 17.6 Å². The first-order valence-electron chi connectivity index (χ1n) is 6.93. The first-order chi connectivity index (χ1) is 9.79. The number of rotatable bonds is 4. The highest BCUT2D eigenvalue weighted by Crippen LogP contribution is 2.39. The highest BCUT2D eigenvalue weighted by molar-refractivity contribution is 5.74. The third-order valence-corrected chi connectivity index (χ3v) is 3.66. The second-order valence-corrected chi connectivity index (χ2v) is 6.04. The number of carbonyl (C=O) groups excluding carboxylic acids is 2. The van der Waals surface area contributed by atoms with E-state index in [1.54, 1.807) is 0 Å². The van der Waals surface area contributed by atoms with Crippen LogP contribution in [0.1, 0.15) is 31.9 Å². The van der Waals surface area contributed by atoms with E-state index in [9.17, 15) is 9.59 Å². The third-order valence-electron chi connectivity index (χ3n) is 3.66. The van der Waals surface area contributed by atoms with Gasteiger partial charge in [0.2, 0.25) is 6.79 Å². The minimum absolute atomic E-state index is 0.0712. The highest BCUT2D eigenvalue weighted by Gasteiger charge is 2.33. The average molecular weight is 291 g/mol. The molecule has 0 fully saturated rings. The standard InChI is InChI=1S/C16H21NO4/c1-11(18)20-10-21-15(19)8-12-5-6-14-13(7-12)16(2,3)9-17(14)4/h5-7H,8-10H2,1-4H3. The molecule has 5 nitrogen and oxygen atoms in total. The molecule has 0 saturated carbocycles. The molecule has 1 heterocycles. The van der Waals surface area contributed by atoms with E-state index >= 15 is 0 Å². The van der Waals surface area contributed by atoms with Gasteiger partial charge in [-0.05, 0) is 17.2 Å². The number of nitrogens with zero attached hydrogens (tertiary/aromatic N) is 1. The molecule has 0 spiro atoms. The molecular weight excluding hydrogens is 270 g/mol. The maximum atomic E-state index is 11.7. The van der Waals surface area contributed by atoms with Crippen LogP contribution in [0.2, 0.25) is 0 Å². The van der Waals surface area contributed by atoms with E-state index in [1.807, 2.05) is 12.1 Å². The lowest BCUT2D eigenvalue weighted by atomic mass is 9.86. The molecule has 0 unspecified atom stereocenters. The minimum Gasteiger partial charge on any atom is -0.428 e. The van der Waals surface area contributed by atoms with Crippen molar-refractivity contribution in [3.63, 3.8) is 0 Å². The predicted octanol–water partition coefficient (Wildman–Crippen LogP) is 2.02. The van der Waals surface area contributed by atoms with Crippen LogP contribution in [0.25, 0.3) is 0 Å². The maximum Gasteiger partial charge on any atom is 0.313 e. The van der Waals surface area contributed by atoms with Gasteiger partial charge in [0.1, 0.15) is 0 Å². The van der Waals surface area contributed by atoms with Crippen molar-refractivity contribution in [3.05, 3.63) is 29.3 Å². The van der Waals surface area contributed by atoms with Gasteiger partial charge in [-0.2, -0.15) is 0 Å². The lowest BCUT2D eigenvalue weighted by Crippen LogP contribution is -2.25. The maximum absolute atomic E-state index is 11.7. The molecule has 0 bridgehead atoms. The topological polar surface area (TPSA) is 55.8 Å². The number of benzene rings is 1. The zero-order valence-corrected chi connectivity index (χ0v) is 12.9. The van der Waals surface area contributed by atoms with Crippen molar-refractivity contribution in [2.45, 2.75) is 32.6 Å². The van der Waals surface area contributed by atoms with E-state index < -0.39 is 11.9 Å². The average Bonchev–Trinajstić information content (AvgIpc) is 2.59. The van der Waals surface area contributed by atoms with Crippen LogP contribution >= 0.6 is 0 Å². The number of ether oxygens (including phenoxy) is 2. The summed E-state index contributed by atoms with van der Waals surface area (Å²) in [6, 6.07) is 6.04. The van der Waals surface area contributed by atoms with E-state index in [0.29, 0.717) is 0 Å². The number of esters is 2. The molecule has 1 aliphatic rings.